The van der Waals surface area contributed by atoms with Gasteiger partial charge in [0.2, 0.25) is 0 Å². The van der Waals surface area contributed by atoms with Crippen LogP contribution in [-0.2, 0) is 11.2 Å². The molecule has 2 nitrogen and oxygen atoms in total. The monoisotopic (exact) mass is 271 g/mol. The van der Waals surface area contributed by atoms with Gasteiger partial charge < -0.3 is 10.5 Å². The molecule has 1 aliphatic carbocycles. The molecular formula is C18H25NO. The molecule has 0 saturated heterocycles. The van der Waals surface area contributed by atoms with Crippen molar-refractivity contribution in [2.75, 3.05) is 6.61 Å². The number of hydrogen-bond donors (Lipinski definition) is 1. The van der Waals surface area contributed by atoms with Crippen LogP contribution in [0.5, 0.6) is 0 Å². The van der Waals surface area contributed by atoms with Crippen LogP contribution < -0.4 is 5.73 Å². The van der Waals surface area contributed by atoms with Gasteiger partial charge in [-0.3, -0.25) is 0 Å². The van der Waals surface area contributed by atoms with Gasteiger partial charge in [-0.15, -0.1) is 0 Å². The first-order chi connectivity index (χ1) is 9.86. The average molecular weight is 271 g/mol. The molecule has 1 aromatic rings. The normalized spacial score (nSPS) is 27.6. The molecule has 0 amide bonds. The summed E-state index contributed by atoms with van der Waals surface area (Å²) >= 11 is 0. The molecule has 0 saturated carbocycles. The zero-order valence-electron chi connectivity index (χ0n) is 12.2. The van der Waals surface area contributed by atoms with Crippen molar-refractivity contribution in [3.63, 3.8) is 0 Å². The van der Waals surface area contributed by atoms with Crippen LogP contribution in [0.15, 0.2) is 35.9 Å². The number of rotatable bonds is 2. The molecule has 3 rings (SSSR count). The Morgan fingerprint density at radius 1 is 1.05 bits per heavy atom. The van der Waals surface area contributed by atoms with Crippen molar-refractivity contribution >= 4 is 0 Å². The maximum atomic E-state index is 6.57. The lowest BCUT2D eigenvalue weighted by molar-refractivity contribution is 0.0312. The van der Waals surface area contributed by atoms with Crippen molar-refractivity contribution in [3.05, 3.63) is 47.0 Å². The second-order valence-corrected chi connectivity index (χ2v) is 6.00. The highest BCUT2D eigenvalue weighted by Crippen LogP contribution is 2.33. The van der Waals surface area contributed by atoms with Gasteiger partial charge in [-0.1, -0.05) is 48.8 Å². The number of benzene rings is 1. The molecule has 2 atom stereocenters. The Morgan fingerprint density at radius 3 is 2.85 bits per heavy atom. The number of allylic oxidation sites excluding steroid dienone is 1. The lowest BCUT2D eigenvalue weighted by atomic mass is 9.87. The maximum Gasteiger partial charge on any atom is 0.102 e. The number of nitrogens with two attached hydrogens (primary N) is 1. The van der Waals surface area contributed by atoms with E-state index in [2.05, 4.69) is 30.3 Å². The summed E-state index contributed by atoms with van der Waals surface area (Å²) in [4.78, 5) is 0. The Bertz CT molecular complexity index is 480. The highest BCUT2D eigenvalue weighted by Gasteiger charge is 2.28. The van der Waals surface area contributed by atoms with Gasteiger partial charge in [-0.25, -0.2) is 0 Å². The zero-order chi connectivity index (χ0) is 13.8. The molecule has 1 aromatic carbocycles. The molecule has 1 aliphatic heterocycles. The van der Waals surface area contributed by atoms with E-state index in [9.17, 15) is 0 Å². The third-order valence-electron chi connectivity index (χ3n) is 4.61. The van der Waals surface area contributed by atoms with Gasteiger partial charge in [0, 0.05) is 0 Å². The molecule has 0 spiro atoms. The lowest BCUT2D eigenvalue weighted by Crippen LogP contribution is -2.35. The second kappa shape index (κ2) is 6.55. The van der Waals surface area contributed by atoms with Crippen LogP contribution in [0.25, 0.3) is 0 Å². The van der Waals surface area contributed by atoms with Gasteiger partial charge >= 0.3 is 0 Å². The summed E-state index contributed by atoms with van der Waals surface area (Å²) in [5.74, 6) is 0. The largest absolute Gasteiger partial charge is 0.371 e. The Labute approximate surface area is 122 Å². The summed E-state index contributed by atoms with van der Waals surface area (Å²) < 4.78 is 6.03. The number of ether oxygens (including phenoxy) is 1. The van der Waals surface area contributed by atoms with E-state index in [1.807, 2.05) is 0 Å². The van der Waals surface area contributed by atoms with E-state index < -0.39 is 0 Å². The predicted octanol–water partition coefficient (Wildman–Crippen LogP) is 3.91. The molecule has 2 unspecified atom stereocenters. The van der Waals surface area contributed by atoms with E-state index in [1.165, 1.54) is 48.8 Å². The Morgan fingerprint density at radius 2 is 1.90 bits per heavy atom. The van der Waals surface area contributed by atoms with E-state index in [0.717, 1.165) is 19.4 Å². The van der Waals surface area contributed by atoms with Crippen molar-refractivity contribution in [1.82, 2.24) is 0 Å². The van der Waals surface area contributed by atoms with E-state index in [0.29, 0.717) is 0 Å². The summed E-state index contributed by atoms with van der Waals surface area (Å²) in [6, 6.07) is 8.63. The SMILES string of the molecule is NC(/C1=C/CCCCCC1)C1OCCc2ccccc21. The quantitative estimate of drug-likeness (QED) is 0.828. The van der Waals surface area contributed by atoms with E-state index in [1.54, 1.807) is 0 Å². The van der Waals surface area contributed by atoms with Crippen LogP contribution in [0.3, 0.4) is 0 Å². The fourth-order valence-corrected chi connectivity index (χ4v) is 3.44. The van der Waals surface area contributed by atoms with Crippen molar-refractivity contribution in [2.24, 2.45) is 5.73 Å². The standard InChI is InChI=1S/C18H25NO/c19-17(15-9-4-2-1-3-5-10-15)18-16-11-7-6-8-14(16)12-13-20-18/h6-9,11,17-18H,1-5,10,12-13,19H2/b15-9+. The molecule has 2 aliphatic rings. The lowest BCUT2D eigenvalue weighted by Gasteiger charge is -2.32. The van der Waals surface area contributed by atoms with E-state index >= 15 is 0 Å². The third-order valence-corrected chi connectivity index (χ3v) is 4.61. The highest BCUT2D eigenvalue weighted by atomic mass is 16.5. The van der Waals surface area contributed by atoms with Crippen LogP contribution in [0, 0.1) is 0 Å². The van der Waals surface area contributed by atoms with Crippen molar-refractivity contribution in [2.45, 2.75) is 57.1 Å². The molecule has 1 heterocycles. The average Bonchev–Trinajstić information content (AvgIpc) is 2.46. The van der Waals surface area contributed by atoms with Crippen LogP contribution in [0.1, 0.15) is 55.8 Å². The van der Waals surface area contributed by atoms with Gasteiger partial charge in [0.1, 0.15) is 6.10 Å². The third kappa shape index (κ3) is 2.97. The summed E-state index contributed by atoms with van der Waals surface area (Å²) in [5.41, 5.74) is 10.7. The summed E-state index contributed by atoms with van der Waals surface area (Å²) in [6.07, 6.45) is 11.0. The van der Waals surface area contributed by atoms with Crippen LogP contribution in [0.2, 0.25) is 0 Å². The fraction of sp³-hybridized carbons (Fsp3) is 0.556. The van der Waals surface area contributed by atoms with Crippen molar-refractivity contribution in [1.29, 1.82) is 0 Å². The number of hydrogen-bond acceptors (Lipinski definition) is 2. The predicted molar refractivity (Wildman–Crippen MR) is 82.6 cm³/mol. The summed E-state index contributed by atoms with van der Waals surface area (Å²) in [7, 11) is 0. The maximum absolute atomic E-state index is 6.57. The first-order valence-electron chi connectivity index (χ1n) is 8.00. The molecule has 0 radical (unpaired) electrons. The summed E-state index contributed by atoms with van der Waals surface area (Å²) in [5, 5.41) is 0. The van der Waals surface area contributed by atoms with Gasteiger partial charge in [0.15, 0.2) is 0 Å². The van der Waals surface area contributed by atoms with Gasteiger partial charge in [-0.05, 0) is 43.2 Å². The molecule has 0 aromatic heterocycles. The van der Waals surface area contributed by atoms with Crippen LogP contribution in [0.4, 0.5) is 0 Å². The zero-order valence-corrected chi connectivity index (χ0v) is 12.2. The second-order valence-electron chi connectivity index (χ2n) is 6.00. The topological polar surface area (TPSA) is 35.2 Å². The smallest absolute Gasteiger partial charge is 0.102 e. The Balaban J connectivity index is 1.81. The highest BCUT2D eigenvalue weighted by molar-refractivity contribution is 5.34. The molecule has 108 valence electrons. The van der Waals surface area contributed by atoms with Crippen LogP contribution in [-0.4, -0.2) is 12.6 Å². The Kier molecular flexibility index (Phi) is 4.54. The molecule has 2 N–H and O–H groups in total. The van der Waals surface area contributed by atoms with Gasteiger partial charge in [0.05, 0.1) is 12.6 Å². The minimum absolute atomic E-state index is 0.0227. The molecule has 2 heteroatoms. The molecular weight excluding hydrogens is 246 g/mol. The number of fused-ring (bicyclic) bond motifs is 1. The minimum atomic E-state index is 0.0227. The van der Waals surface area contributed by atoms with Gasteiger partial charge in [-0.2, -0.15) is 0 Å². The van der Waals surface area contributed by atoms with Crippen molar-refractivity contribution < 1.29 is 4.74 Å². The van der Waals surface area contributed by atoms with E-state index in [4.69, 9.17) is 10.5 Å². The van der Waals surface area contributed by atoms with Gasteiger partial charge in [0.25, 0.3) is 0 Å². The minimum Gasteiger partial charge on any atom is -0.371 e. The first kappa shape index (κ1) is 13.8. The fourth-order valence-electron chi connectivity index (χ4n) is 3.44. The Hall–Kier alpha value is -1.12. The van der Waals surface area contributed by atoms with Crippen LogP contribution >= 0.6 is 0 Å². The van der Waals surface area contributed by atoms with E-state index in [-0.39, 0.29) is 12.1 Å². The molecule has 20 heavy (non-hydrogen) atoms. The molecule has 0 bridgehead atoms. The first-order valence-corrected chi connectivity index (χ1v) is 8.00. The van der Waals surface area contributed by atoms with Crippen molar-refractivity contribution in [3.8, 4) is 0 Å². The summed E-state index contributed by atoms with van der Waals surface area (Å²) in [6.45, 7) is 0.794. The molecule has 0 fully saturated rings.